The van der Waals surface area contributed by atoms with E-state index in [9.17, 15) is 13.5 Å². The standard InChI is InChI=1S/C13H19BrN2O3S/c1-10-8-11(5-6-13(10)14)15-20(18,19)16-7-3-2-4-12(16)9-17/h5-6,8,12,15,17H,2-4,7,9H2,1H3. The Balaban J connectivity index is 2.19. The lowest BCUT2D eigenvalue weighted by molar-refractivity contribution is 0.156. The highest BCUT2D eigenvalue weighted by atomic mass is 79.9. The van der Waals surface area contributed by atoms with Crippen LogP contribution in [0.25, 0.3) is 0 Å². The summed E-state index contributed by atoms with van der Waals surface area (Å²) in [4.78, 5) is 0. The molecule has 0 saturated carbocycles. The molecule has 1 atom stereocenters. The van der Waals surface area contributed by atoms with E-state index in [0.717, 1.165) is 22.9 Å². The Labute approximate surface area is 128 Å². The molecule has 5 nitrogen and oxygen atoms in total. The smallest absolute Gasteiger partial charge is 0.301 e. The third-order valence-electron chi connectivity index (χ3n) is 3.50. The summed E-state index contributed by atoms with van der Waals surface area (Å²) in [6.45, 7) is 2.22. The maximum atomic E-state index is 12.4. The van der Waals surface area contributed by atoms with Crippen molar-refractivity contribution < 1.29 is 13.5 Å². The fourth-order valence-corrected chi connectivity index (χ4v) is 4.11. The van der Waals surface area contributed by atoms with Gasteiger partial charge in [-0.15, -0.1) is 0 Å². The van der Waals surface area contributed by atoms with Gasteiger partial charge in [0.2, 0.25) is 0 Å². The van der Waals surface area contributed by atoms with Crippen molar-refractivity contribution in [1.29, 1.82) is 0 Å². The normalized spacial score (nSPS) is 20.9. The SMILES string of the molecule is Cc1cc(NS(=O)(=O)N2CCCCC2CO)ccc1Br. The molecule has 0 bridgehead atoms. The molecule has 1 aromatic carbocycles. The number of nitrogens with zero attached hydrogens (tertiary/aromatic N) is 1. The molecule has 1 aromatic rings. The first-order chi connectivity index (χ1) is 9.44. The average molecular weight is 363 g/mol. The van der Waals surface area contributed by atoms with Gasteiger partial charge in [-0.3, -0.25) is 4.72 Å². The Hall–Kier alpha value is -0.630. The van der Waals surface area contributed by atoms with Crippen LogP contribution in [-0.2, 0) is 10.2 Å². The van der Waals surface area contributed by atoms with Crippen molar-refractivity contribution >= 4 is 31.8 Å². The van der Waals surface area contributed by atoms with E-state index in [2.05, 4.69) is 20.7 Å². The van der Waals surface area contributed by atoms with E-state index in [4.69, 9.17) is 0 Å². The number of nitrogens with one attached hydrogen (secondary N) is 1. The second-order valence-corrected chi connectivity index (χ2v) is 7.49. The number of rotatable bonds is 4. The Morgan fingerprint density at radius 1 is 1.45 bits per heavy atom. The highest BCUT2D eigenvalue weighted by Crippen LogP contribution is 2.24. The average Bonchev–Trinajstić information content (AvgIpc) is 2.42. The van der Waals surface area contributed by atoms with E-state index < -0.39 is 10.2 Å². The number of halogens is 1. The van der Waals surface area contributed by atoms with Crippen LogP contribution in [0, 0.1) is 6.92 Å². The summed E-state index contributed by atoms with van der Waals surface area (Å²) in [7, 11) is -3.62. The van der Waals surface area contributed by atoms with Gasteiger partial charge in [-0.1, -0.05) is 22.4 Å². The number of benzene rings is 1. The number of aryl methyl sites for hydroxylation is 1. The Morgan fingerprint density at radius 3 is 2.85 bits per heavy atom. The van der Waals surface area contributed by atoms with Gasteiger partial charge in [-0.25, -0.2) is 0 Å². The molecule has 0 radical (unpaired) electrons. The predicted molar refractivity (Wildman–Crippen MR) is 82.9 cm³/mol. The summed E-state index contributed by atoms with van der Waals surface area (Å²) in [6, 6.07) is 4.98. The number of anilines is 1. The first kappa shape index (κ1) is 15.8. The van der Waals surface area contributed by atoms with E-state index in [1.165, 1.54) is 4.31 Å². The van der Waals surface area contributed by atoms with Crippen LogP contribution in [0.4, 0.5) is 5.69 Å². The van der Waals surface area contributed by atoms with E-state index in [-0.39, 0.29) is 12.6 Å². The first-order valence-corrected chi connectivity index (χ1v) is 8.84. The van der Waals surface area contributed by atoms with Gasteiger partial charge in [-0.05, 0) is 43.5 Å². The quantitative estimate of drug-likeness (QED) is 0.862. The Kier molecular flexibility index (Phi) is 5.06. The van der Waals surface area contributed by atoms with Gasteiger partial charge in [0.05, 0.1) is 12.3 Å². The molecule has 0 aliphatic carbocycles. The summed E-state index contributed by atoms with van der Waals surface area (Å²) in [6.07, 6.45) is 2.49. The van der Waals surface area contributed by atoms with Crippen molar-refractivity contribution in [3.8, 4) is 0 Å². The maximum Gasteiger partial charge on any atom is 0.301 e. The summed E-state index contributed by atoms with van der Waals surface area (Å²) >= 11 is 3.39. The fourth-order valence-electron chi connectivity index (χ4n) is 2.39. The molecule has 2 N–H and O–H groups in total. The maximum absolute atomic E-state index is 12.4. The van der Waals surface area contributed by atoms with Crippen LogP contribution < -0.4 is 4.72 Å². The lowest BCUT2D eigenvalue weighted by Crippen LogP contribution is -2.47. The zero-order valence-electron chi connectivity index (χ0n) is 11.3. The minimum atomic E-state index is -3.62. The predicted octanol–water partition coefficient (Wildman–Crippen LogP) is 2.26. The molecule has 1 aliphatic rings. The summed E-state index contributed by atoms with van der Waals surface area (Å²) in [5, 5.41) is 9.33. The van der Waals surface area contributed by atoms with E-state index >= 15 is 0 Å². The number of hydrogen-bond acceptors (Lipinski definition) is 3. The molecule has 0 spiro atoms. The second kappa shape index (κ2) is 6.43. The van der Waals surface area contributed by atoms with Gasteiger partial charge in [-0.2, -0.15) is 12.7 Å². The Morgan fingerprint density at radius 2 is 2.20 bits per heavy atom. The highest BCUT2D eigenvalue weighted by molar-refractivity contribution is 9.10. The second-order valence-electron chi connectivity index (χ2n) is 5.01. The molecule has 1 heterocycles. The number of piperidine rings is 1. The minimum Gasteiger partial charge on any atom is -0.395 e. The van der Waals surface area contributed by atoms with Crippen LogP contribution in [0.15, 0.2) is 22.7 Å². The van der Waals surface area contributed by atoms with Crippen molar-refractivity contribution in [2.75, 3.05) is 17.9 Å². The lowest BCUT2D eigenvalue weighted by atomic mass is 10.1. The molecule has 0 aromatic heterocycles. The van der Waals surface area contributed by atoms with Crippen molar-refractivity contribution in [2.45, 2.75) is 32.2 Å². The molecule has 0 amide bonds. The van der Waals surface area contributed by atoms with Crippen LogP contribution in [-0.4, -0.2) is 37.0 Å². The first-order valence-electron chi connectivity index (χ1n) is 6.60. The number of hydrogen-bond donors (Lipinski definition) is 2. The molecular weight excluding hydrogens is 344 g/mol. The molecule has 7 heteroatoms. The minimum absolute atomic E-state index is 0.139. The van der Waals surface area contributed by atoms with Crippen molar-refractivity contribution in [3.63, 3.8) is 0 Å². The van der Waals surface area contributed by atoms with Gasteiger partial charge in [0.25, 0.3) is 0 Å². The van der Waals surface area contributed by atoms with Crippen LogP contribution >= 0.6 is 15.9 Å². The number of aliphatic hydroxyl groups excluding tert-OH is 1. The van der Waals surface area contributed by atoms with Crippen LogP contribution in [0.2, 0.25) is 0 Å². The molecule has 112 valence electrons. The van der Waals surface area contributed by atoms with Crippen molar-refractivity contribution in [2.24, 2.45) is 0 Å². The van der Waals surface area contributed by atoms with Crippen molar-refractivity contribution in [3.05, 3.63) is 28.2 Å². The van der Waals surface area contributed by atoms with Crippen LogP contribution in [0.1, 0.15) is 24.8 Å². The lowest BCUT2D eigenvalue weighted by Gasteiger charge is -2.33. The van der Waals surface area contributed by atoms with Crippen LogP contribution in [0.5, 0.6) is 0 Å². The van der Waals surface area contributed by atoms with E-state index in [1.54, 1.807) is 12.1 Å². The summed E-state index contributed by atoms with van der Waals surface area (Å²) in [5.74, 6) is 0. The monoisotopic (exact) mass is 362 g/mol. The van der Waals surface area contributed by atoms with E-state index in [1.807, 2.05) is 13.0 Å². The number of aliphatic hydroxyl groups is 1. The fraction of sp³-hybridized carbons (Fsp3) is 0.538. The summed E-state index contributed by atoms with van der Waals surface area (Å²) in [5.41, 5.74) is 1.50. The molecule has 1 aliphatic heterocycles. The molecule has 1 fully saturated rings. The third kappa shape index (κ3) is 3.52. The molecule has 1 unspecified atom stereocenters. The zero-order chi connectivity index (χ0) is 14.8. The molecule has 20 heavy (non-hydrogen) atoms. The van der Waals surface area contributed by atoms with Gasteiger partial charge < -0.3 is 5.11 Å². The van der Waals surface area contributed by atoms with Gasteiger partial charge >= 0.3 is 10.2 Å². The largest absolute Gasteiger partial charge is 0.395 e. The van der Waals surface area contributed by atoms with Gasteiger partial charge in [0.1, 0.15) is 0 Å². The summed E-state index contributed by atoms with van der Waals surface area (Å²) < 4.78 is 29.7. The Bertz CT molecular complexity index is 577. The molecule has 2 rings (SSSR count). The molecule has 1 saturated heterocycles. The van der Waals surface area contributed by atoms with Crippen molar-refractivity contribution in [1.82, 2.24) is 4.31 Å². The molecular formula is C13H19BrN2O3S. The third-order valence-corrected chi connectivity index (χ3v) is 5.98. The topological polar surface area (TPSA) is 69.6 Å². The highest BCUT2D eigenvalue weighted by Gasteiger charge is 2.31. The van der Waals surface area contributed by atoms with Crippen LogP contribution in [0.3, 0.4) is 0 Å². The van der Waals surface area contributed by atoms with Gasteiger partial charge in [0, 0.05) is 17.1 Å². The van der Waals surface area contributed by atoms with Gasteiger partial charge in [0.15, 0.2) is 0 Å². The zero-order valence-corrected chi connectivity index (χ0v) is 13.7. The van der Waals surface area contributed by atoms with E-state index in [0.29, 0.717) is 18.7 Å².